The van der Waals surface area contributed by atoms with Gasteiger partial charge in [0.1, 0.15) is 22.2 Å². The minimum Gasteiger partial charge on any atom is -0.496 e. The highest BCUT2D eigenvalue weighted by atomic mass is 31.1. The predicted molar refractivity (Wildman–Crippen MR) is 140 cm³/mol. The summed E-state index contributed by atoms with van der Waals surface area (Å²) in [5.74, 6) is -0.428. The number of hydrogen-bond acceptors (Lipinski definition) is 5. The van der Waals surface area contributed by atoms with Crippen molar-refractivity contribution in [1.82, 2.24) is 0 Å². The van der Waals surface area contributed by atoms with Crippen LogP contribution >= 0.6 is 8.46 Å². The van der Waals surface area contributed by atoms with Gasteiger partial charge in [0.2, 0.25) is 0 Å². The van der Waals surface area contributed by atoms with E-state index in [0.717, 1.165) is 35.1 Å². The molecule has 0 N–H and O–H groups in total. The third kappa shape index (κ3) is 4.93. The number of aryl methyl sites for hydroxylation is 3. The smallest absolute Gasteiger partial charge is 0.188 e. The Kier molecular flexibility index (Phi) is 7.91. The standard InChI is InChI=1S/C29H37O5P/c1-17-13-22(33-7)25(23(14-17)34-8)27(31)29(35-32)12-10-9-11-21(29)26(30)24-18(2)15-20(16-19(24)3)28(4,5)6/h13-16,21H,9-12H2,1-8H3. The molecule has 0 spiro atoms. The number of benzene rings is 2. The van der Waals surface area contributed by atoms with Gasteiger partial charge in [-0.2, -0.15) is 0 Å². The first-order valence-corrected chi connectivity index (χ1v) is 13.0. The third-order valence-electron chi connectivity index (χ3n) is 7.27. The first kappa shape index (κ1) is 27.1. The Morgan fingerprint density at radius 2 is 1.46 bits per heavy atom. The molecular formula is C29H37O5P. The van der Waals surface area contributed by atoms with Crippen LogP contribution in [0.2, 0.25) is 0 Å². The van der Waals surface area contributed by atoms with Gasteiger partial charge in [-0.3, -0.25) is 14.2 Å². The molecule has 35 heavy (non-hydrogen) atoms. The number of methoxy groups -OCH3 is 2. The van der Waals surface area contributed by atoms with Crippen molar-refractivity contribution in [2.75, 3.05) is 14.2 Å². The molecule has 2 aromatic rings. The summed E-state index contributed by atoms with van der Waals surface area (Å²) in [5.41, 5.74) is 4.65. The molecule has 1 saturated carbocycles. The Labute approximate surface area is 210 Å². The number of ketones is 2. The second-order valence-electron chi connectivity index (χ2n) is 10.8. The highest BCUT2D eigenvalue weighted by molar-refractivity contribution is 7.28. The summed E-state index contributed by atoms with van der Waals surface area (Å²) < 4.78 is 24.0. The molecule has 2 atom stereocenters. The summed E-state index contributed by atoms with van der Waals surface area (Å²) >= 11 is 0. The van der Waals surface area contributed by atoms with Gasteiger partial charge < -0.3 is 9.47 Å². The molecule has 0 heterocycles. The minimum absolute atomic E-state index is 0.0478. The van der Waals surface area contributed by atoms with Gasteiger partial charge in [0.15, 0.2) is 20.0 Å². The lowest BCUT2D eigenvalue weighted by molar-refractivity contribution is 0.0742. The molecule has 0 bridgehead atoms. The van der Waals surface area contributed by atoms with Gasteiger partial charge in [-0.15, -0.1) is 0 Å². The molecule has 0 radical (unpaired) electrons. The van der Waals surface area contributed by atoms with E-state index in [9.17, 15) is 14.2 Å². The molecule has 6 heteroatoms. The van der Waals surface area contributed by atoms with E-state index in [4.69, 9.17) is 9.47 Å². The monoisotopic (exact) mass is 496 g/mol. The maximum absolute atomic E-state index is 14.2. The Hall–Kier alpha value is -2.52. The van der Waals surface area contributed by atoms with E-state index in [1.807, 2.05) is 20.8 Å². The molecule has 2 aromatic carbocycles. The Balaban J connectivity index is 2.16. The number of carbonyl (C=O) groups excluding carboxylic acids is 2. The van der Waals surface area contributed by atoms with Gasteiger partial charge in [0.05, 0.1) is 14.2 Å². The van der Waals surface area contributed by atoms with Crippen molar-refractivity contribution < 1.29 is 23.6 Å². The molecule has 0 aromatic heterocycles. The van der Waals surface area contributed by atoms with E-state index < -0.39 is 11.1 Å². The van der Waals surface area contributed by atoms with Gasteiger partial charge in [-0.05, 0) is 73.4 Å². The van der Waals surface area contributed by atoms with Crippen LogP contribution in [0.25, 0.3) is 0 Å². The Morgan fingerprint density at radius 1 is 0.914 bits per heavy atom. The fourth-order valence-electron chi connectivity index (χ4n) is 5.37. The Bertz CT molecular complexity index is 1110. The molecule has 2 unspecified atom stereocenters. The van der Waals surface area contributed by atoms with E-state index in [1.54, 1.807) is 12.1 Å². The average molecular weight is 497 g/mol. The zero-order chi connectivity index (χ0) is 26.1. The number of hydrogen-bond donors (Lipinski definition) is 0. The van der Waals surface area contributed by atoms with Gasteiger partial charge in [-0.1, -0.05) is 45.7 Å². The van der Waals surface area contributed by atoms with E-state index in [2.05, 4.69) is 32.9 Å². The van der Waals surface area contributed by atoms with Crippen LogP contribution in [0.3, 0.4) is 0 Å². The summed E-state index contributed by atoms with van der Waals surface area (Å²) in [5, 5.41) is -1.37. The zero-order valence-electron chi connectivity index (χ0n) is 22.2. The molecule has 0 amide bonds. The van der Waals surface area contributed by atoms with Crippen LogP contribution in [-0.4, -0.2) is 30.9 Å². The third-order valence-corrected chi connectivity index (χ3v) is 8.34. The fraction of sp³-hybridized carbons (Fsp3) is 0.517. The molecule has 5 nitrogen and oxygen atoms in total. The maximum atomic E-state index is 14.2. The summed E-state index contributed by atoms with van der Waals surface area (Å²) in [7, 11) is 2.65. The topological polar surface area (TPSA) is 69.7 Å². The van der Waals surface area contributed by atoms with Crippen LogP contribution < -0.4 is 9.47 Å². The normalized spacial score (nSPS) is 20.5. The average Bonchev–Trinajstić information content (AvgIpc) is 2.81. The molecule has 3 rings (SSSR count). The summed E-state index contributed by atoms with van der Waals surface area (Å²) in [6.45, 7) is 12.2. The quantitative estimate of drug-likeness (QED) is 0.299. The van der Waals surface area contributed by atoms with E-state index in [-0.39, 0.29) is 31.0 Å². The molecule has 1 aliphatic carbocycles. The van der Waals surface area contributed by atoms with Gasteiger partial charge in [-0.25, -0.2) is 0 Å². The molecular weight excluding hydrogens is 459 g/mol. The van der Waals surface area contributed by atoms with Crippen molar-refractivity contribution in [2.24, 2.45) is 5.92 Å². The van der Waals surface area contributed by atoms with Crippen molar-refractivity contribution in [3.05, 3.63) is 57.6 Å². The van der Waals surface area contributed by atoms with Gasteiger partial charge >= 0.3 is 0 Å². The van der Waals surface area contributed by atoms with Crippen molar-refractivity contribution >= 4 is 20.0 Å². The lowest BCUT2D eigenvalue weighted by atomic mass is 9.70. The van der Waals surface area contributed by atoms with Crippen molar-refractivity contribution in [3.8, 4) is 11.5 Å². The number of carbonyl (C=O) groups is 2. The van der Waals surface area contributed by atoms with Crippen LogP contribution in [0.5, 0.6) is 11.5 Å². The van der Waals surface area contributed by atoms with Crippen LogP contribution in [0.15, 0.2) is 24.3 Å². The van der Waals surface area contributed by atoms with Gasteiger partial charge in [0.25, 0.3) is 0 Å². The molecule has 0 saturated heterocycles. The van der Waals surface area contributed by atoms with Crippen LogP contribution in [-0.2, 0) is 9.98 Å². The largest absolute Gasteiger partial charge is 0.496 e. The SMILES string of the molecule is COc1cc(C)cc(OC)c1C(=O)C1(P=O)CCCCC1C(=O)c1c(C)cc(C(C)(C)C)cc1C. The first-order chi connectivity index (χ1) is 16.4. The van der Waals surface area contributed by atoms with E-state index >= 15 is 0 Å². The highest BCUT2D eigenvalue weighted by Crippen LogP contribution is 2.50. The van der Waals surface area contributed by atoms with Crippen LogP contribution in [0.4, 0.5) is 0 Å². The molecule has 188 valence electrons. The zero-order valence-corrected chi connectivity index (χ0v) is 23.1. The lowest BCUT2D eigenvalue weighted by Gasteiger charge is -2.38. The number of ether oxygens (including phenoxy) is 2. The number of Topliss-reactive ketones (excluding diaryl/α,β-unsaturated/α-hetero) is 2. The molecule has 0 aliphatic heterocycles. The Morgan fingerprint density at radius 3 is 1.91 bits per heavy atom. The predicted octanol–water partition coefficient (Wildman–Crippen LogP) is 7.21. The van der Waals surface area contributed by atoms with E-state index in [0.29, 0.717) is 29.9 Å². The highest BCUT2D eigenvalue weighted by Gasteiger charge is 2.53. The van der Waals surface area contributed by atoms with Crippen LogP contribution in [0.1, 0.15) is 89.4 Å². The summed E-state index contributed by atoms with van der Waals surface area (Å²) in [6, 6.07) is 7.66. The van der Waals surface area contributed by atoms with E-state index in [1.165, 1.54) is 14.2 Å². The lowest BCUT2D eigenvalue weighted by Crippen LogP contribution is -2.47. The summed E-state index contributed by atoms with van der Waals surface area (Å²) in [6.07, 6.45) is 2.41. The van der Waals surface area contributed by atoms with Crippen molar-refractivity contribution in [3.63, 3.8) is 0 Å². The van der Waals surface area contributed by atoms with Crippen LogP contribution in [0, 0.1) is 26.7 Å². The van der Waals surface area contributed by atoms with Gasteiger partial charge in [0, 0.05) is 11.5 Å². The fourth-order valence-corrected chi connectivity index (χ4v) is 6.19. The first-order valence-electron chi connectivity index (χ1n) is 12.2. The molecule has 1 fully saturated rings. The summed E-state index contributed by atoms with van der Waals surface area (Å²) in [4.78, 5) is 28.3. The van der Waals surface area contributed by atoms with Crippen molar-refractivity contribution in [2.45, 2.75) is 77.8 Å². The second-order valence-corrected chi connectivity index (χ2v) is 11.8. The number of rotatable bonds is 7. The van der Waals surface area contributed by atoms with Crippen molar-refractivity contribution in [1.29, 1.82) is 0 Å². The second kappa shape index (κ2) is 10.2. The molecule has 1 aliphatic rings. The minimum atomic E-state index is -1.37. The maximum Gasteiger partial charge on any atom is 0.188 e.